The first-order valence-electron chi connectivity index (χ1n) is 12.9. The summed E-state index contributed by atoms with van der Waals surface area (Å²) in [6.45, 7) is 9.47. The van der Waals surface area contributed by atoms with E-state index in [0.717, 1.165) is 0 Å². The van der Waals surface area contributed by atoms with E-state index in [4.69, 9.17) is 23.7 Å². The molecule has 0 saturated carbocycles. The number of nitrogens with one attached hydrogen (secondary N) is 3. The zero-order valence-electron chi connectivity index (χ0n) is 23.4. The molecule has 0 aromatic heterocycles. The molecule has 12 heteroatoms. The lowest BCUT2D eigenvalue weighted by Crippen LogP contribution is -2.45. The monoisotopic (exact) mass is 566 g/mol. The summed E-state index contributed by atoms with van der Waals surface area (Å²) in [5, 5.41) is 9.29. The summed E-state index contributed by atoms with van der Waals surface area (Å²) < 4.78 is 27.4. The van der Waals surface area contributed by atoms with Crippen LogP contribution in [-0.2, 0) is 14.3 Å². The van der Waals surface area contributed by atoms with E-state index in [-0.39, 0.29) is 24.5 Å². The van der Waals surface area contributed by atoms with Gasteiger partial charge in [0.15, 0.2) is 29.6 Å². The summed E-state index contributed by atoms with van der Waals surface area (Å²) in [5.74, 6) is 0.655. The van der Waals surface area contributed by atoms with Gasteiger partial charge < -0.3 is 34.3 Å². The van der Waals surface area contributed by atoms with Crippen molar-refractivity contribution in [2.24, 2.45) is 5.10 Å². The van der Waals surface area contributed by atoms with Gasteiger partial charge in [-0.05, 0) is 62.2 Å². The Labute approximate surface area is 238 Å². The Kier molecular flexibility index (Phi) is 11.1. The number of hydrogen-bond donors (Lipinski definition) is 3. The molecule has 0 bridgehead atoms. The van der Waals surface area contributed by atoms with Crippen molar-refractivity contribution >= 4 is 24.1 Å². The fourth-order valence-electron chi connectivity index (χ4n) is 3.90. The van der Waals surface area contributed by atoms with Crippen molar-refractivity contribution in [3.05, 3.63) is 71.5 Å². The normalized spacial score (nSPS) is 14.5. The molecule has 0 radical (unpaired) electrons. The maximum absolute atomic E-state index is 12.6. The van der Waals surface area contributed by atoms with Gasteiger partial charge in [0.05, 0.1) is 38.2 Å². The summed E-state index contributed by atoms with van der Waals surface area (Å²) in [5.41, 5.74) is 4.32. The molecule has 3 N–H and O–H groups in total. The third-order valence-corrected chi connectivity index (χ3v) is 5.67. The van der Waals surface area contributed by atoms with E-state index in [1.165, 1.54) is 13.3 Å². The minimum Gasteiger partial charge on any atom is -0.493 e. The van der Waals surface area contributed by atoms with Gasteiger partial charge in [-0.25, -0.2) is 15.0 Å². The fraction of sp³-hybridized carbons (Fsp3) is 0.310. The number of urea groups is 1. The van der Waals surface area contributed by atoms with Gasteiger partial charge >= 0.3 is 12.0 Å². The van der Waals surface area contributed by atoms with E-state index in [2.05, 4.69) is 27.7 Å². The van der Waals surface area contributed by atoms with E-state index in [9.17, 15) is 14.4 Å². The zero-order chi connectivity index (χ0) is 29.8. The largest absolute Gasteiger partial charge is 0.493 e. The van der Waals surface area contributed by atoms with Crippen LogP contribution in [0.15, 0.2) is 65.4 Å². The molecule has 2 aromatic rings. The second-order valence-electron chi connectivity index (χ2n) is 8.52. The number of benzene rings is 2. The molecule has 0 saturated heterocycles. The molecular formula is C29H34N4O8. The number of methoxy groups -OCH3 is 1. The number of allylic oxidation sites excluding steroid dienone is 1. The molecule has 1 heterocycles. The van der Waals surface area contributed by atoms with Crippen LogP contribution in [0.5, 0.6) is 23.0 Å². The predicted molar refractivity (Wildman–Crippen MR) is 151 cm³/mol. The van der Waals surface area contributed by atoms with Gasteiger partial charge in [0.25, 0.3) is 5.91 Å². The van der Waals surface area contributed by atoms with Crippen LogP contribution >= 0.6 is 0 Å². The van der Waals surface area contributed by atoms with Crippen LogP contribution in [0.1, 0.15) is 37.9 Å². The van der Waals surface area contributed by atoms with Crippen molar-refractivity contribution in [1.82, 2.24) is 16.1 Å². The van der Waals surface area contributed by atoms with Gasteiger partial charge in [-0.15, -0.1) is 0 Å². The van der Waals surface area contributed by atoms with Crippen molar-refractivity contribution in [3.63, 3.8) is 0 Å². The van der Waals surface area contributed by atoms with Gasteiger partial charge in [0.1, 0.15) is 6.61 Å². The Balaban J connectivity index is 1.65. The average Bonchev–Trinajstić information content (AvgIpc) is 2.95. The van der Waals surface area contributed by atoms with Crippen LogP contribution in [0.2, 0.25) is 0 Å². The molecule has 3 amide bonds. The molecule has 0 fully saturated rings. The maximum atomic E-state index is 12.6. The minimum atomic E-state index is -0.769. The van der Waals surface area contributed by atoms with E-state index < -0.39 is 23.9 Å². The molecule has 218 valence electrons. The minimum absolute atomic E-state index is 0.185. The molecule has 0 spiro atoms. The number of amides is 3. The Bertz CT molecular complexity index is 1340. The number of ether oxygens (including phenoxy) is 5. The highest BCUT2D eigenvalue weighted by Crippen LogP contribution is 2.34. The molecule has 0 aliphatic carbocycles. The average molecular weight is 567 g/mol. The highest BCUT2D eigenvalue weighted by atomic mass is 16.5. The third-order valence-electron chi connectivity index (χ3n) is 5.67. The number of esters is 1. The van der Waals surface area contributed by atoms with Crippen molar-refractivity contribution in [1.29, 1.82) is 0 Å². The Hall–Kier alpha value is -5.00. The van der Waals surface area contributed by atoms with E-state index >= 15 is 0 Å². The highest BCUT2D eigenvalue weighted by molar-refractivity contribution is 5.95. The lowest BCUT2D eigenvalue weighted by Gasteiger charge is -2.28. The quantitative estimate of drug-likeness (QED) is 0.137. The van der Waals surface area contributed by atoms with E-state index in [0.29, 0.717) is 47.3 Å². The molecule has 1 atom stereocenters. The van der Waals surface area contributed by atoms with Gasteiger partial charge in [-0.1, -0.05) is 18.7 Å². The van der Waals surface area contributed by atoms with Crippen molar-refractivity contribution in [3.8, 4) is 23.0 Å². The summed E-state index contributed by atoms with van der Waals surface area (Å²) in [6.07, 6.45) is 3.11. The fourth-order valence-corrected chi connectivity index (χ4v) is 3.90. The van der Waals surface area contributed by atoms with Crippen LogP contribution in [0.4, 0.5) is 4.79 Å². The molecule has 1 aliphatic heterocycles. The molecule has 0 unspecified atom stereocenters. The second kappa shape index (κ2) is 15.0. The number of carbonyl (C=O) groups is 3. The number of hydrogen-bond acceptors (Lipinski definition) is 9. The SMILES string of the molecule is C=CCOc1ccc(/C=N\NC(=O)COc2ccc([C@@H]3NC(=O)NC(C)=C3C(=O)OCC)cc2OC)cc1OCC. The summed E-state index contributed by atoms with van der Waals surface area (Å²) >= 11 is 0. The summed E-state index contributed by atoms with van der Waals surface area (Å²) in [7, 11) is 1.44. The van der Waals surface area contributed by atoms with Crippen LogP contribution in [0, 0.1) is 0 Å². The zero-order valence-corrected chi connectivity index (χ0v) is 23.4. The molecule has 12 nitrogen and oxygen atoms in total. The number of rotatable bonds is 14. The lowest BCUT2D eigenvalue weighted by atomic mass is 9.95. The predicted octanol–water partition coefficient (Wildman–Crippen LogP) is 3.38. The highest BCUT2D eigenvalue weighted by Gasteiger charge is 2.32. The third kappa shape index (κ3) is 8.24. The first-order valence-corrected chi connectivity index (χ1v) is 12.9. The first kappa shape index (κ1) is 30.5. The Morgan fingerprint density at radius 3 is 2.49 bits per heavy atom. The number of hydrazone groups is 1. The second-order valence-corrected chi connectivity index (χ2v) is 8.52. The van der Waals surface area contributed by atoms with Crippen molar-refractivity contribution in [2.45, 2.75) is 26.8 Å². The first-order chi connectivity index (χ1) is 19.8. The van der Waals surface area contributed by atoms with Gasteiger partial charge in [0, 0.05) is 5.70 Å². The molecule has 1 aliphatic rings. The van der Waals surface area contributed by atoms with Gasteiger partial charge in [-0.3, -0.25) is 4.79 Å². The van der Waals surface area contributed by atoms with Gasteiger partial charge in [0.2, 0.25) is 0 Å². The number of nitrogens with zero attached hydrogens (tertiary/aromatic N) is 1. The van der Waals surface area contributed by atoms with Crippen molar-refractivity contribution < 1.29 is 38.1 Å². The Morgan fingerprint density at radius 2 is 1.78 bits per heavy atom. The summed E-state index contributed by atoms with van der Waals surface area (Å²) in [4.78, 5) is 37.1. The molecule has 41 heavy (non-hydrogen) atoms. The smallest absolute Gasteiger partial charge is 0.338 e. The van der Waals surface area contributed by atoms with Crippen LogP contribution in [0.3, 0.4) is 0 Å². The van der Waals surface area contributed by atoms with E-state index in [1.807, 2.05) is 6.92 Å². The molecule has 2 aromatic carbocycles. The van der Waals surface area contributed by atoms with Crippen molar-refractivity contribution in [2.75, 3.05) is 33.5 Å². The van der Waals surface area contributed by atoms with Crippen LogP contribution < -0.4 is 35.0 Å². The van der Waals surface area contributed by atoms with Crippen LogP contribution in [0.25, 0.3) is 0 Å². The summed E-state index contributed by atoms with van der Waals surface area (Å²) in [6, 6.07) is 8.91. The topological polar surface area (TPSA) is 146 Å². The number of carbonyl (C=O) groups excluding carboxylic acids is 3. The standard InChI is InChI=1S/C29H34N4O8/c1-6-13-40-22-11-9-19(14-24(22)38-7-2)16-30-33-25(34)17-41-21-12-10-20(15-23(21)37-5)27-26(28(35)39-8-3)18(4)31-29(36)32-27/h6,9-12,14-16,27H,1,7-8,13,17H2,2-5H3,(H,33,34)(H2,31,32,36)/b30-16-/t27-/m0/s1. The van der Waals surface area contributed by atoms with Crippen LogP contribution in [-0.4, -0.2) is 57.7 Å². The van der Waals surface area contributed by atoms with Gasteiger partial charge in [-0.2, -0.15) is 5.10 Å². The Morgan fingerprint density at radius 1 is 1.02 bits per heavy atom. The maximum Gasteiger partial charge on any atom is 0.338 e. The van der Waals surface area contributed by atoms with E-state index in [1.54, 1.807) is 56.3 Å². The molecular weight excluding hydrogens is 532 g/mol. The lowest BCUT2D eigenvalue weighted by molar-refractivity contribution is -0.139. The molecule has 3 rings (SSSR count).